The number of amides is 1. The maximum atomic E-state index is 13.8. The Labute approximate surface area is 221 Å². The summed E-state index contributed by atoms with van der Waals surface area (Å²) in [5.41, 5.74) is 1.49. The topological polar surface area (TPSA) is 107 Å². The summed E-state index contributed by atoms with van der Waals surface area (Å²) in [6, 6.07) is 17.5. The van der Waals surface area contributed by atoms with Crippen LogP contribution in [0, 0.1) is 0 Å². The molecule has 0 aliphatic heterocycles. The van der Waals surface area contributed by atoms with Gasteiger partial charge in [-0.1, -0.05) is 43.2 Å². The lowest BCUT2D eigenvalue weighted by molar-refractivity contribution is -0.266. The van der Waals surface area contributed by atoms with Gasteiger partial charge in [-0.05, 0) is 73.4 Å². The van der Waals surface area contributed by atoms with E-state index in [0.717, 1.165) is 23.3 Å². The van der Waals surface area contributed by atoms with Crippen molar-refractivity contribution in [3.8, 4) is 16.2 Å². The Hall–Kier alpha value is -3.20. The molecule has 4 rings (SSSR count). The molecule has 1 amide bonds. The van der Waals surface area contributed by atoms with Gasteiger partial charge in [-0.2, -0.15) is 0 Å². The van der Waals surface area contributed by atoms with Crippen molar-refractivity contribution in [2.24, 2.45) is 0 Å². The van der Waals surface area contributed by atoms with Gasteiger partial charge in [-0.15, -0.1) is 11.3 Å². The molecule has 0 spiro atoms. The molecule has 1 aliphatic rings. The smallest absolute Gasteiger partial charge is 0.303 e. The Morgan fingerprint density at radius 3 is 2.35 bits per heavy atom. The Morgan fingerprint density at radius 1 is 0.946 bits per heavy atom. The first-order valence-corrected chi connectivity index (χ1v) is 13.6. The highest BCUT2D eigenvalue weighted by molar-refractivity contribution is 7.13. The number of carboxylic acids is 1. The predicted molar refractivity (Wildman–Crippen MR) is 142 cm³/mol. The molecule has 1 heterocycles. The van der Waals surface area contributed by atoms with Crippen LogP contribution < -0.4 is 4.74 Å². The molecule has 1 saturated carbocycles. The second-order valence-electron chi connectivity index (χ2n) is 9.35. The average molecular weight is 524 g/mol. The lowest BCUT2D eigenvalue weighted by atomic mass is 10.0. The van der Waals surface area contributed by atoms with Crippen molar-refractivity contribution in [3.05, 3.63) is 77.2 Å². The number of ether oxygens (including phenoxy) is 1. The molecule has 7 nitrogen and oxygen atoms in total. The zero-order valence-electron chi connectivity index (χ0n) is 20.7. The fraction of sp³-hybridized carbons (Fsp3) is 0.379. The molecule has 2 aromatic carbocycles. The molecule has 196 valence electrons. The van der Waals surface area contributed by atoms with E-state index in [4.69, 9.17) is 9.84 Å². The molecule has 1 aromatic heterocycles. The van der Waals surface area contributed by atoms with Gasteiger partial charge in [0.15, 0.2) is 0 Å². The number of carbonyl (C=O) groups excluding carboxylic acids is 1. The lowest BCUT2D eigenvalue weighted by Crippen LogP contribution is -2.54. The normalized spacial score (nSPS) is 14.0. The van der Waals surface area contributed by atoms with Gasteiger partial charge in [-0.3, -0.25) is 14.5 Å². The van der Waals surface area contributed by atoms with Crippen molar-refractivity contribution in [3.63, 3.8) is 0 Å². The first-order valence-electron chi connectivity index (χ1n) is 12.7. The van der Waals surface area contributed by atoms with Gasteiger partial charge in [0.05, 0.1) is 12.2 Å². The number of unbranched alkanes of at least 4 members (excludes halogenated alkanes) is 2. The number of thiophene rings is 1. The van der Waals surface area contributed by atoms with Crippen LogP contribution in [-0.4, -0.2) is 44.7 Å². The lowest BCUT2D eigenvalue weighted by Gasteiger charge is -2.40. The highest BCUT2D eigenvalue weighted by Crippen LogP contribution is 2.38. The number of hydrogen-bond donors (Lipinski definition) is 3. The fourth-order valence-electron chi connectivity index (χ4n) is 4.82. The molecule has 0 saturated heterocycles. The van der Waals surface area contributed by atoms with E-state index in [1.165, 1.54) is 4.90 Å². The van der Waals surface area contributed by atoms with Crippen molar-refractivity contribution >= 4 is 23.2 Å². The molecule has 0 bridgehead atoms. The van der Waals surface area contributed by atoms with Crippen molar-refractivity contribution in [1.82, 2.24) is 4.90 Å². The minimum atomic E-state index is -2.57. The zero-order chi connectivity index (χ0) is 26.3. The number of aliphatic hydroxyl groups is 2. The monoisotopic (exact) mass is 523 g/mol. The molecule has 3 N–H and O–H groups in total. The average Bonchev–Trinajstić information content (AvgIpc) is 3.61. The van der Waals surface area contributed by atoms with Crippen LogP contribution in [0.1, 0.15) is 67.3 Å². The standard InChI is InChI=1S/C29H33NO6S/c31-27(32)14-2-1-7-19-36-25-12-6-5-11-24(25)29(34,35)30(23-9-3-4-10-23)28(33)22-17-15-21(16-18-22)26-13-8-20-37-26/h5-6,8,11-13,15-18,20,23,34-35H,1-4,7,9-10,14,19H2,(H,31,32). The number of carboxylic acid groups (broad SMARTS) is 1. The quantitative estimate of drug-likeness (QED) is 0.210. The first-order chi connectivity index (χ1) is 17.9. The van der Waals surface area contributed by atoms with Crippen molar-refractivity contribution in [2.75, 3.05) is 6.61 Å². The van der Waals surface area contributed by atoms with Crippen LogP contribution in [0.4, 0.5) is 0 Å². The molecule has 1 aliphatic carbocycles. The van der Waals surface area contributed by atoms with Gasteiger partial charge in [0, 0.05) is 22.9 Å². The van der Waals surface area contributed by atoms with E-state index in [2.05, 4.69) is 0 Å². The minimum Gasteiger partial charge on any atom is -0.493 e. The summed E-state index contributed by atoms with van der Waals surface area (Å²) in [5.74, 6) is -3.56. The van der Waals surface area contributed by atoms with E-state index in [-0.39, 0.29) is 23.8 Å². The maximum Gasteiger partial charge on any atom is 0.303 e. The van der Waals surface area contributed by atoms with Crippen LogP contribution in [0.3, 0.4) is 0 Å². The molecular weight excluding hydrogens is 490 g/mol. The van der Waals surface area contributed by atoms with E-state index < -0.39 is 17.8 Å². The second-order valence-corrected chi connectivity index (χ2v) is 10.3. The van der Waals surface area contributed by atoms with Gasteiger partial charge >= 0.3 is 5.97 Å². The van der Waals surface area contributed by atoms with Gasteiger partial charge in [0.2, 0.25) is 0 Å². The zero-order valence-corrected chi connectivity index (χ0v) is 21.5. The molecule has 1 fully saturated rings. The Morgan fingerprint density at radius 2 is 1.68 bits per heavy atom. The number of hydrogen-bond acceptors (Lipinski definition) is 6. The summed E-state index contributed by atoms with van der Waals surface area (Å²) in [4.78, 5) is 26.8. The summed E-state index contributed by atoms with van der Waals surface area (Å²) in [5, 5.41) is 33.9. The van der Waals surface area contributed by atoms with Gasteiger partial charge < -0.3 is 20.1 Å². The molecular formula is C29H33NO6S. The number of carbonyl (C=O) groups is 2. The highest BCUT2D eigenvalue weighted by Gasteiger charge is 2.45. The number of aliphatic carboxylic acids is 1. The second kappa shape index (κ2) is 12.4. The van der Waals surface area contributed by atoms with Crippen molar-refractivity contribution < 1.29 is 29.6 Å². The Kier molecular flexibility index (Phi) is 8.97. The largest absolute Gasteiger partial charge is 0.493 e. The van der Waals surface area contributed by atoms with Crippen LogP contribution in [0.5, 0.6) is 5.75 Å². The first kappa shape index (κ1) is 26.9. The summed E-state index contributed by atoms with van der Waals surface area (Å²) in [6.45, 7) is 0.300. The van der Waals surface area contributed by atoms with Crippen LogP contribution in [0.15, 0.2) is 66.0 Å². The minimum absolute atomic E-state index is 0.107. The molecule has 0 unspecified atom stereocenters. The molecule has 0 atom stereocenters. The van der Waals surface area contributed by atoms with Gasteiger partial charge in [0.1, 0.15) is 5.75 Å². The Balaban J connectivity index is 1.55. The highest BCUT2D eigenvalue weighted by atomic mass is 32.1. The molecule has 37 heavy (non-hydrogen) atoms. The van der Waals surface area contributed by atoms with Crippen LogP contribution in [-0.2, 0) is 10.7 Å². The summed E-state index contributed by atoms with van der Waals surface area (Å²) in [6.07, 6.45) is 5.19. The third kappa shape index (κ3) is 6.57. The summed E-state index contributed by atoms with van der Waals surface area (Å²) in [7, 11) is 0. The Bertz CT molecular complexity index is 1170. The number of rotatable bonds is 12. The van der Waals surface area contributed by atoms with E-state index in [1.807, 2.05) is 29.6 Å². The van der Waals surface area contributed by atoms with Crippen LogP contribution in [0.25, 0.3) is 10.4 Å². The number of para-hydroxylation sites is 1. The van der Waals surface area contributed by atoms with E-state index in [9.17, 15) is 19.8 Å². The van der Waals surface area contributed by atoms with E-state index in [1.54, 1.807) is 47.7 Å². The van der Waals surface area contributed by atoms with Crippen molar-refractivity contribution in [2.45, 2.75) is 63.3 Å². The number of benzene rings is 2. The van der Waals surface area contributed by atoms with Crippen molar-refractivity contribution in [1.29, 1.82) is 0 Å². The molecule has 8 heteroatoms. The molecule has 0 radical (unpaired) electrons. The maximum absolute atomic E-state index is 13.8. The van der Waals surface area contributed by atoms with Gasteiger partial charge in [0.25, 0.3) is 11.8 Å². The molecule has 3 aromatic rings. The van der Waals surface area contributed by atoms with E-state index >= 15 is 0 Å². The van der Waals surface area contributed by atoms with E-state index in [0.29, 0.717) is 44.3 Å². The SMILES string of the molecule is O=C(O)CCCCCOc1ccccc1C(O)(O)N(C(=O)c1ccc(-c2cccs2)cc1)C1CCCC1. The van der Waals surface area contributed by atoms with Crippen LogP contribution in [0.2, 0.25) is 0 Å². The third-order valence-corrected chi connectivity index (χ3v) is 7.64. The van der Waals surface area contributed by atoms with Crippen LogP contribution >= 0.6 is 11.3 Å². The third-order valence-electron chi connectivity index (χ3n) is 6.72. The fourth-order valence-corrected chi connectivity index (χ4v) is 5.55. The van der Waals surface area contributed by atoms with Gasteiger partial charge in [-0.25, -0.2) is 0 Å². The summed E-state index contributed by atoms with van der Waals surface area (Å²) >= 11 is 1.62. The predicted octanol–water partition coefficient (Wildman–Crippen LogP) is 5.62. The summed E-state index contributed by atoms with van der Waals surface area (Å²) < 4.78 is 5.88. The number of nitrogens with zero attached hydrogens (tertiary/aromatic N) is 1.